The topological polar surface area (TPSA) is 61.3 Å². The maximum absolute atomic E-state index is 5.50. The van der Waals surface area contributed by atoms with Crippen molar-refractivity contribution < 1.29 is 9.26 Å². The summed E-state index contributed by atoms with van der Waals surface area (Å²) in [6.07, 6.45) is 0.866. The zero-order chi connectivity index (χ0) is 9.90. The van der Waals surface area contributed by atoms with Crippen molar-refractivity contribution in [2.24, 2.45) is 5.73 Å². The molecule has 13 heavy (non-hydrogen) atoms. The van der Waals surface area contributed by atoms with Gasteiger partial charge < -0.3 is 15.0 Å². The molecule has 0 aliphatic heterocycles. The molecular formula is C9H16N2O2. The quantitative estimate of drug-likeness (QED) is 0.766. The molecule has 1 aromatic heterocycles. The Bertz CT molecular complexity index is 268. The summed E-state index contributed by atoms with van der Waals surface area (Å²) in [6.45, 7) is 4.77. The van der Waals surface area contributed by atoms with Crippen LogP contribution in [0.15, 0.2) is 10.6 Å². The van der Waals surface area contributed by atoms with E-state index in [-0.39, 0.29) is 5.41 Å². The van der Waals surface area contributed by atoms with E-state index >= 15 is 0 Å². The lowest BCUT2D eigenvalue weighted by molar-refractivity contribution is 0.288. The molecule has 0 amide bonds. The number of ether oxygens (including phenoxy) is 1. The summed E-state index contributed by atoms with van der Waals surface area (Å²) in [4.78, 5) is 0. The minimum Gasteiger partial charge on any atom is -0.479 e. The second kappa shape index (κ2) is 3.79. The lowest BCUT2D eigenvalue weighted by atomic mass is 9.87. The largest absolute Gasteiger partial charge is 0.479 e. The van der Waals surface area contributed by atoms with Crippen molar-refractivity contribution in [3.05, 3.63) is 11.8 Å². The molecule has 0 saturated carbocycles. The molecule has 0 saturated heterocycles. The van der Waals surface area contributed by atoms with Crippen LogP contribution in [0.4, 0.5) is 0 Å². The van der Waals surface area contributed by atoms with Gasteiger partial charge in [0.05, 0.1) is 7.11 Å². The Morgan fingerprint density at radius 3 is 2.77 bits per heavy atom. The average Bonchev–Trinajstić information content (AvgIpc) is 2.52. The molecule has 0 atom stereocenters. The Labute approximate surface area is 78.0 Å². The second-order valence-corrected chi connectivity index (χ2v) is 3.66. The smallest absolute Gasteiger partial charge is 0.254 e. The van der Waals surface area contributed by atoms with Crippen LogP contribution in [-0.2, 0) is 5.41 Å². The van der Waals surface area contributed by atoms with E-state index < -0.39 is 0 Å². The first kappa shape index (κ1) is 10.1. The van der Waals surface area contributed by atoms with E-state index in [0.29, 0.717) is 12.4 Å². The predicted octanol–water partition coefficient (Wildman–Crippen LogP) is 1.31. The van der Waals surface area contributed by atoms with Crippen LogP contribution in [0.3, 0.4) is 0 Å². The van der Waals surface area contributed by atoms with Gasteiger partial charge in [0.25, 0.3) is 5.88 Å². The van der Waals surface area contributed by atoms with Crippen molar-refractivity contribution in [1.29, 1.82) is 0 Å². The molecule has 4 nitrogen and oxygen atoms in total. The van der Waals surface area contributed by atoms with Crippen LogP contribution in [-0.4, -0.2) is 18.8 Å². The summed E-state index contributed by atoms with van der Waals surface area (Å²) in [5.41, 5.74) is 5.43. The normalized spacial score (nSPS) is 11.7. The standard InChI is InChI=1S/C9H16N2O2/c1-9(2,4-5-10)7-6-8(12-3)11-13-7/h6H,4-5,10H2,1-3H3. The monoisotopic (exact) mass is 184 g/mol. The van der Waals surface area contributed by atoms with Gasteiger partial charge in [-0.1, -0.05) is 13.8 Å². The molecule has 0 aromatic carbocycles. The second-order valence-electron chi connectivity index (χ2n) is 3.66. The summed E-state index contributed by atoms with van der Waals surface area (Å²) in [7, 11) is 1.57. The van der Waals surface area contributed by atoms with E-state index in [1.165, 1.54) is 0 Å². The first-order chi connectivity index (χ1) is 6.10. The van der Waals surface area contributed by atoms with Crippen LogP contribution in [0.2, 0.25) is 0 Å². The van der Waals surface area contributed by atoms with E-state index in [0.717, 1.165) is 12.2 Å². The zero-order valence-corrected chi connectivity index (χ0v) is 8.33. The maximum Gasteiger partial charge on any atom is 0.254 e. The molecule has 0 radical (unpaired) electrons. The third-order valence-electron chi connectivity index (χ3n) is 2.13. The summed E-state index contributed by atoms with van der Waals surface area (Å²) in [6, 6.07) is 1.80. The molecule has 0 bridgehead atoms. The van der Waals surface area contributed by atoms with Gasteiger partial charge in [-0.15, -0.1) is 0 Å². The molecule has 0 unspecified atom stereocenters. The molecular weight excluding hydrogens is 168 g/mol. The molecule has 0 spiro atoms. The van der Waals surface area contributed by atoms with Gasteiger partial charge in [0.2, 0.25) is 0 Å². The predicted molar refractivity (Wildman–Crippen MR) is 49.8 cm³/mol. The minimum atomic E-state index is -0.0709. The highest BCUT2D eigenvalue weighted by molar-refractivity contribution is 5.17. The van der Waals surface area contributed by atoms with Crippen LogP contribution < -0.4 is 10.5 Å². The van der Waals surface area contributed by atoms with E-state index in [1.807, 2.05) is 0 Å². The Hall–Kier alpha value is -1.03. The van der Waals surface area contributed by atoms with Gasteiger partial charge in [-0.2, -0.15) is 0 Å². The summed E-state index contributed by atoms with van der Waals surface area (Å²) < 4.78 is 10.1. The minimum absolute atomic E-state index is 0.0709. The van der Waals surface area contributed by atoms with Crippen LogP contribution in [0.5, 0.6) is 5.88 Å². The maximum atomic E-state index is 5.50. The van der Waals surface area contributed by atoms with Crippen molar-refractivity contribution in [3.8, 4) is 5.88 Å². The molecule has 0 aliphatic rings. The van der Waals surface area contributed by atoms with Crippen molar-refractivity contribution in [1.82, 2.24) is 5.16 Å². The molecule has 1 aromatic rings. The molecule has 1 rings (SSSR count). The lowest BCUT2D eigenvalue weighted by Crippen LogP contribution is -2.20. The van der Waals surface area contributed by atoms with Gasteiger partial charge in [-0.3, -0.25) is 0 Å². The lowest BCUT2D eigenvalue weighted by Gasteiger charge is -2.19. The van der Waals surface area contributed by atoms with E-state index in [1.54, 1.807) is 13.2 Å². The van der Waals surface area contributed by atoms with E-state index in [4.69, 9.17) is 15.0 Å². The number of nitrogens with zero attached hydrogens (tertiary/aromatic N) is 1. The molecule has 2 N–H and O–H groups in total. The van der Waals surface area contributed by atoms with Gasteiger partial charge in [0.1, 0.15) is 5.76 Å². The number of aromatic nitrogens is 1. The van der Waals surface area contributed by atoms with Crippen LogP contribution >= 0.6 is 0 Å². The van der Waals surface area contributed by atoms with E-state index in [9.17, 15) is 0 Å². The van der Waals surface area contributed by atoms with Crippen molar-refractivity contribution in [2.75, 3.05) is 13.7 Å². The first-order valence-corrected chi connectivity index (χ1v) is 4.31. The van der Waals surface area contributed by atoms with Crippen molar-refractivity contribution in [2.45, 2.75) is 25.7 Å². The van der Waals surface area contributed by atoms with Crippen molar-refractivity contribution in [3.63, 3.8) is 0 Å². The van der Waals surface area contributed by atoms with E-state index in [2.05, 4.69) is 19.0 Å². The molecule has 0 aliphatic carbocycles. The SMILES string of the molecule is COc1cc(C(C)(C)CCN)on1. The average molecular weight is 184 g/mol. The molecule has 74 valence electrons. The number of hydrogen-bond acceptors (Lipinski definition) is 4. The van der Waals surface area contributed by atoms with Crippen LogP contribution in [0.25, 0.3) is 0 Å². The van der Waals surface area contributed by atoms with Gasteiger partial charge >= 0.3 is 0 Å². The number of rotatable bonds is 4. The Morgan fingerprint density at radius 1 is 1.62 bits per heavy atom. The highest BCUT2D eigenvalue weighted by Crippen LogP contribution is 2.28. The zero-order valence-electron chi connectivity index (χ0n) is 8.33. The third kappa shape index (κ3) is 2.21. The van der Waals surface area contributed by atoms with Crippen LogP contribution in [0, 0.1) is 0 Å². The summed E-state index contributed by atoms with van der Waals surface area (Å²) in [5, 5.41) is 3.75. The molecule has 0 fully saturated rings. The Kier molecular flexibility index (Phi) is 2.93. The summed E-state index contributed by atoms with van der Waals surface area (Å²) in [5.74, 6) is 1.33. The number of methoxy groups -OCH3 is 1. The van der Waals surface area contributed by atoms with Crippen molar-refractivity contribution >= 4 is 0 Å². The first-order valence-electron chi connectivity index (χ1n) is 4.31. The fourth-order valence-electron chi connectivity index (χ4n) is 1.16. The van der Waals surface area contributed by atoms with Crippen LogP contribution in [0.1, 0.15) is 26.0 Å². The van der Waals surface area contributed by atoms with Gasteiger partial charge in [-0.25, -0.2) is 0 Å². The van der Waals surface area contributed by atoms with Gasteiger partial charge in [0.15, 0.2) is 0 Å². The highest BCUT2D eigenvalue weighted by atomic mass is 16.5. The Morgan fingerprint density at radius 2 is 2.31 bits per heavy atom. The summed E-state index contributed by atoms with van der Waals surface area (Å²) >= 11 is 0. The number of hydrogen-bond donors (Lipinski definition) is 1. The fourth-order valence-corrected chi connectivity index (χ4v) is 1.16. The third-order valence-corrected chi connectivity index (χ3v) is 2.13. The fraction of sp³-hybridized carbons (Fsp3) is 0.667. The molecule has 4 heteroatoms. The highest BCUT2D eigenvalue weighted by Gasteiger charge is 2.24. The number of nitrogens with two attached hydrogens (primary N) is 1. The molecule has 1 heterocycles. The Balaban J connectivity index is 2.80. The van der Waals surface area contributed by atoms with Gasteiger partial charge in [0, 0.05) is 11.5 Å². The van der Waals surface area contributed by atoms with Gasteiger partial charge in [-0.05, 0) is 18.1 Å².